The van der Waals surface area contributed by atoms with Crippen LogP contribution in [0.5, 0.6) is 0 Å². The van der Waals surface area contributed by atoms with Crippen molar-refractivity contribution in [3.05, 3.63) is 41.4 Å². The van der Waals surface area contributed by atoms with Gasteiger partial charge in [-0.25, -0.2) is 0 Å². The van der Waals surface area contributed by atoms with Crippen LogP contribution in [-0.4, -0.2) is 9.85 Å². The van der Waals surface area contributed by atoms with Gasteiger partial charge in [0.15, 0.2) is 0 Å². The van der Waals surface area contributed by atoms with Crippen molar-refractivity contribution in [1.29, 1.82) is 0 Å². The van der Waals surface area contributed by atoms with Crippen LogP contribution in [0.3, 0.4) is 0 Å². The summed E-state index contributed by atoms with van der Waals surface area (Å²) in [6, 6.07) is 0. The molecule has 0 saturated heterocycles. The zero-order chi connectivity index (χ0) is 12.6. The monoisotopic (exact) mass is 288 g/mol. The molecule has 0 N–H and O–H groups in total. The van der Waals surface area contributed by atoms with Gasteiger partial charge in [-0.2, -0.15) is 0 Å². The summed E-state index contributed by atoms with van der Waals surface area (Å²) < 4.78 is 0.173. The van der Waals surface area contributed by atoms with Crippen LogP contribution in [-0.2, 0) is 0 Å². The summed E-state index contributed by atoms with van der Waals surface area (Å²) in [6.07, 6.45) is 0. The topological polar surface area (TPSA) is 86.3 Å². The first kappa shape index (κ1) is 12.6. The molecule has 0 amide bonds. The quantitative estimate of drug-likeness (QED) is 0.618. The Kier molecular flexibility index (Phi) is 3.27. The van der Waals surface area contributed by atoms with Crippen LogP contribution in [0.15, 0.2) is 4.47 Å². The number of halogens is 1. The molecule has 0 unspecified atom stereocenters. The van der Waals surface area contributed by atoms with Crippen LogP contribution in [0.4, 0.5) is 11.4 Å². The van der Waals surface area contributed by atoms with Gasteiger partial charge in [-0.05, 0) is 36.7 Å². The Morgan fingerprint density at radius 2 is 1.25 bits per heavy atom. The number of rotatable bonds is 2. The van der Waals surface area contributed by atoms with Crippen LogP contribution in [0.25, 0.3) is 0 Å². The summed E-state index contributed by atoms with van der Waals surface area (Å²) in [7, 11) is 0. The minimum Gasteiger partial charge on any atom is -0.258 e. The molecule has 86 valence electrons. The van der Waals surface area contributed by atoms with Gasteiger partial charge >= 0.3 is 0 Å². The lowest BCUT2D eigenvalue weighted by Crippen LogP contribution is -2.03. The molecule has 0 bridgehead atoms. The van der Waals surface area contributed by atoms with E-state index in [-0.39, 0.29) is 21.4 Å². The molecule has 0 aliphatic rings. The van der Waals surface area contributed by atoms with E-state index in [1.165, 1.54) is 20.8 Å². The summed E-state index contributed by atoms with van der Waals surface area (Å²) in [5, 5.41) is 21.7. The molecule has 0 fully saturated rings. The largest absolute Gasteiger partial charge is 0.287 e. The highest BCUT2D eigenvalue weighted by atomic mass is 79.9. The van der Waals surface area contributed by atoms with Crippen molar-refractivity contribution in [1.82, 2.24) is 0 Å². The molecule has 0 heterocycles. The highest BCUT2D eigenvalue weighted by molar-refractivity contribution is 9.10. The molecule has 0 saturated carbocycles. The number of hydrogen-bond donors (Lipinski definition) is 0. The average molecular weight is 289 g/mol. The van der Waals surface area contributed by atoms with E-state index in [2.05, 4.69) is 15.9 Å². The molecule has 0 atom stereocenters. The predicted molar refractivity (Wildman–Crippen MR) is 61.7 cm³/mol. The molecule has 1 rings (SSSR count). The van der Waals surface area contributed by atoms with Crippen molar-refractivity contribution < 1.29 is 9.85 Å². The minimum atomic E-state index is -0.539. The third kappa shape index (κ3) is 1.78. The Morgan fingerprint density at radius 1 is 0.875 bits per heavy atom. The van der Waals surface area contributed by atoms with Crippen molar-refractivity contribution >= 4 is 27.3 Å². The molecule has 0 spiro atoms. The Labute approximate surface area is 99.7 Å². The second-order valence-corrected chi connectivity index (χ2v) is 4.19. The first-order valence-electron chi connectivity index (χ1n) is 4.37. The van der Waals surface area contributed by atoms with E-state index >= 15 is 0 Å². The molecular formula is C9H9BrN2O4. The third-order valence-corrected chi connectivity index (χ3v) is 3.50. The van der Waals surface area contributed by atoms with E-state index in [1.54, 1.807) is 0 Å². The van der Waals surface area contributed by atoms with E-state index in [0.29, 0.717) is 11.1 Å². The molecule has 0 aliphatic carbocycles. The van der Waals surface area contributed by atoms with Crippen LogP contribution in [0, 0.1) is 41.0 Å². The number of nitro groups is 2. The minimum absolute atomic E-state index is 0.0741. The van der Waals surface area contributed by atoms with Gasteiger partial charge in [0, 0.05) is 16.7 Å². The van der Waals surface area contributed by atoms with Gasteiger partial charge in [0.05, 0.1) is 9.85 Å². The van der Waals surface area contributed by atoms with E-state index in [0.717, 1.165) is 0 Å². The van der Waals surface area contributed by atoms with Gasteiger partial charge in [0.1, 0.15) is 4.47 Å². The van der Waals surface area contributed by atoms with Gasteiger partial charge < -0.3 is 0 Å². The fourth-order valence-electron chi connectivity index (χ4n) is 1.57. The number of hydrogen-bond acceptors (Lipinski definition) is 4. The summed E-state index contributed by atoms with van der Waals surface area (Å²) in [4.78, 5) is 20.6. The lowest BCUT2D eigenvalue weighted by atomic mass is 10.0. The second kappa shape index (κ2) is 4.17. The van der Waals surface area contributed by atoms with Crippen molar-refractivity contribution in [2.24, 2.45) is 0 Å². The fraction of sp³-hybridized carbons (Fsp3) is 0.333. The fourth-order valence-corrected chi connectivity index (χ4v) is 2.20. The van der Waals surface area contributed by atoms with Gasteiger partial charge in [0.25, 0.3) is 11.4 Å². The summed E-state index contributed by atoms with van der Waals surface area (Å²) in [5.41, 5.74) is 0.738. The first-order chi connectivity index (χ1) is 7.29. The van der Waals surface area contributed by atoms with E-state index in [9.17, 15) is 20.2 Å². The SMILES string of the molecule is Cc1c(C)c([N+](=O)[O-])c(Br)c(C)c1[N+](=O)[O-]. The maximum absolute atomic E-state index is 10.8. The highest BCUT2D eigenvalue weighted by Crippen LogP contribution is 2.40. The third-order valence-electron chi connectivity index (χ3n) is 2.53. The molecule has 1 aromatic carbocycles. The normalized spacial score (nSPS) is 10.2. The van der Waals surface area contributed by atoms with E-state index in [4.69, 9.17) is 0 Å². The highest BCUT2D eigenvalue weighted by Gasteiger charge is 2.28. The molecular weight excluding hydrogens is 280 g/mol. The number of nitrogens with zero attached hydrogens (tertiary/aromatic N) is 2. The molecule has 16 heavy (non-hydrogen) atoms. The Bertz CT molecular complexity index is 425. The van der Waals surface area contributed by atoms with Crippen LogP contribution in [0.1, 0.15) is 16.7 Å². The maximum atomic E-state index is 10.8. The van der Waals surface area contributed by atoms with E-state index < -0.39 is 9.85 Å². The van der Waals surface area contributed by atoms with Crippen LogP contribution in [0.2, 0.25) is 0 Å². The molecule has 1 aromatic rings. The van der Waals surface area contributed by atoms with Gasteiger partial charge in [-0.1, -0.05) is 0 Å². The maximum Gasteiger partial charge on any atom is 0.287 e. The number of nitro benzene ring substituents is 2. The summed E-state index contributed by atoms with van der Waals surface area (Å²) in [5.74, 6) is 0. The van der Waals surface area contributed by atoms with Crippen molar-refractivity contribution in [3.8, 4) is 0 Å². The Morgan fingerprint density at radius 3 is 1.62 bits per heavy atom. The Hall–Kier alpha value is -1.50. The molecule has 0 aromatic heterocycles. The lowest BCUT2D eigenvalue weighted by Gasteiger charge is -2.08. The number of benzene rings is 1. The lowest BCUT2D eigenvalue weighted by molar-refractivity contribution is -0.391. The average Bonchev–Trinajstić information content (AvgIpc) is 2.14. The second-order valence-electron chi connectivity index (χ2n) is 3.40. The van der Waals surface area contributed by atoms with Crippen LogP contribution < -0.4 is 0 Å². The smallest absolute Gasteiger partial charge is 0.258 e. The van der Waals surface area contributed by atoms with Gasteiger partial charge in [-0.3, -0.25) is 20.2 Å². The molecule has 0 radical (unpaired) electrons. The van der Waals surface area contributed by atoms with Crippen LogP contribution >= 0.6 is 15.9 Å². The molecule has 0 aliphatic heterocycles. The van der Waals surface area contributed by atoms with Crippen molar-refractivity contribution in [2.75, 3.05) is 0 Å². The zero-order valence-corrected chi connectivity index (χ0v) is 10.5. The van der Waals surface area contributed by atoms with Crippen molar-refractivity contribution in [2.45, 2.75) is 20.8 Å². The first-order valence-corrected chi connectivity index (χ1v) is 5.16. The zero-order valence-electron chi connectivity index (χ0n) is 8.91. The standard InChI is InChI=1S/C9H9BrN2O4/c1-4-5(2)9(12(15)16)7(10)6(3)8(4)11(13)14/h1-3H3. The molecule has 7 heteroatoms. The van der Waals surface area contributed by atoms with E-state index in [1.807, 2.05) is 0 Å². The summed E-state index contributed by atoms with van der Waals surface area (Å²) in [6.45, 7) is 4.51. The molecule has 6 nitrogen and oxygen atoms in total. The summed E-state index contributed by atoms with van der Waals surface area (Å²) >= 11 is 3.04. The van der Waals surface area contributed by atoms with Gasteiger partial charge in [-0.15, -0.1) is 0 Å². The Balaban J connectivity index is 3.77. The van der Waals surface area contributed by atoms with Crippen molar-refractivity contribution in [3.63, 3.8) is 0 Å². The predicted octanol–water partition coefficient (Wildman–Crippen LogP) is 3.19. The van der Waals surface area contributed by atoms with Gasteiger partial charge in [0.2, 0.25) is 0 Å².